The van der Waals surface area contributed by atoms with Gasteiger partial charge in [0, 0.05) is 11.6 Å². The first-order valence-corrected chi connectivity index (χ1v) is 7.40. The number of amides is 1. The van der Waals surface area contributed by atoms with Crippen molar-refractivity contribution in [3.8, 4) is 0 Å². The average molecular weight is 281 g/mol. The highest BCUT2D eigenvalue weighted by Gasteiger charge is 2.14. The number of pyridine rings is 1. The molecule has 0 radical (unpaired) electrons. The number of nitrogens with one attached hydrogen (secondary N) is 2. The molecule has 1 aliphatic carbocycles. The number of anilines is 2. The summed E-state index contributed by atoms with van der Waals surface area (Å²) in [6, 6.07) is 13.5. The van der Waals surface area contributed by atoms with E-state index in [-0.39, 0.29) is 5.91 Å². The average Bonchev–Trinajstić information content (AvgIpc) is 3.03. The van der Waals surface area contributed by atoms with Gasteiger partial charge < -0.3 is 10.6 Å². The number of rotatable bonds is 4. The maximum absolute atomic E-state index is 12.0. The van der Waals surface area contributed by atoms with Gasteiger partial charge in [-0.15, -0.1) is 0 Å². The molecule has 0 aliphatic heterocycles. The minimum Gasteiger partial charge on any atom is -0.367 e. The number of carbonyl (C=O) groups is 1. The van der Waals surface area contributed by atoms with Crippen LogP contribution in [0.3, 0.4) is 0 Å². The third-order valence-electron chi connectivity index (χ3n) is 3.76. The summed E-state index contributed by atoms with van der Waals surface area (Å²) in [5.41, 5.74) is 1.35. The van der Waals surface area contributed by atoms with Gasteiger partial charge in [0.1, 0.15) is 5.82 Å². The molecule has 1 aromatic carbocycles. The maximum atomic E-state index is 12.0. The lowest BCUT2D eigenvalue weighted by atomic mass is 10.2. The van der Waals surface area contributed by atoms with E-state index in [1.54, 1.807) is 18.3 Å². The van der Waals surface area contributed by atoms with E-state index in [9.17, 15) is 4.79 Å². The van der Waals surface area contributed by atoms with Gasteiger partial charge in [0.25, 0.3) is 5.91 Å². The molecule has 4 heteroatoms. The third kappa shape index (κ3) is 3.60. The van der Waals surface area contributed by atoms with Crippen LogP contribution in [0, 0.1) is 0 Å². The van der Waals surface area contributed by atoms with Crippen LogP contribution >= 0.6 is 0 Å². The van der Waals surface area contributed by atoms with Crippen LogP contribution < -0.4 is 10.6 Å². The largest absolute Gasteiger partial charge is 0.367 e. The molecule has 0 bridgehead atoms. The van der Waals surface area contributed by atoms with Gasteiger partial charge in [0.15, 0.2) is 0 Å². The lowest BCUT2D eigenvalue weighted by Gasteiger charge is -2.13. The van der Waals surface area contributed by atoms with E-state index in [0.717, 1.165) is 5.82 Å². The second kappa shape index (κ2) is 6.39. The van der Waals surface area contributed by atoms with Crippen LogP contribution in [0.4, 0.5) is 11.5 Å². The molecule has 1 heterocycles. The van der Waals surface area contributed by atoms with Gasteiger partial charge in [-0.2, -0.15) is 0 Å². The molecule has 2 N–H and O–H groups in total. The Hall–Kier alpha value is -2.36. The Morgan fingerprint density at radius 1 is 1.05 bits per heavy atom. The summed E-state index contributed by atoms with van der Waals surface area (Å²) in [6.45, 7) is 0. The number of aromatic nitrogens is 1. The van der Waals surface area contributed by atoms with Crippen LogP contribution in [0.25, 0.3) is 0 Å². The fourth-order valence-corrected chi connectivity index (χ4v) is 2.63. The first-order chi connectivity index (χ1) is 10.3. The predicted octanol–water partition coefficient (Wildman–Crippen LogP) is 3.69. The van der Waals surface area contributed by atoms with Gasteiger partial charge in [-0.3, -0.25) is 4.79 Å². The molecule has 0 saturated heterocycles. The topological polar surface area (TPSA) is 54.0 Å². The van der Waals surface area contributed by atoms with E-state index in [2.05, 4.69) is 15.6 Å². The molecule has 4 nitrogen and oxygen atoms in total. The fourth-order valence-electron chi connectivity index (χ4n) is 2.63. The Bertz CT molecular complexity index is 589. The molecule has 1 aromatic heterocycles. The number of hydrogen-bond donors (Lipinski definition) is 2. The first kappa shape index (κ1) is 13.6. The second-order valence-corrected chi connectivity index (χ2v) is 5.38. The number of hydrogen-bond acceptors (Lipinski definition) is 3. The zero-order valence-electron chi connectivity index (χ0n) is 11.9. The smallest absolute Gasteiger partial charge is 0.255 e. The van der Waals surface area contributed by atoms with E-state index in [0.29, 0.717) is 17.3 Å². The molecule has 0 atom stereocenters. The molecule has 2 aromatic rings. The van der Waals surface area contributed by atoms with Crippen LogP contribution in [0.2, 0.25) is 0 Å². The number of nitrogens with zero attached hydrogens (tertiary/aromatic N) is 1. The van der Waals surface area contributed by atoms with Gasteiger partial charge in [-0.25, -0.2) is 4.98 Å². The van der Waals surface area contributed by atoms with Crippen molar-refractivity contribution < 1.29 is 4.79 Å². The predicted molar refractivity (Wildman–Crippen MR) is 84.5 cm³/mol. The minimum atomic E-state index is -0.117. The van der Waals surface area contributed by atoms with Crippen molar-refractivity contribution in [3.63, 3.8) is 0 Å². The molecule has 108 valence electrons. The van der Waals surface area contributed by atoms with Crippen molar-refractivity contribution in [2.45, 2.75) is 31.7 Å². The second-order valence-electron chi connectivity index (χ2n) is 5.38. The van der Waals surface area contributed by atoms with Crippen LogP contribution in [0.1, 0.15) is 36.0 Å². The summed E-state index contributed by atoms with van der Waals surface area (Å²) in [5.74, 6) is 0.758. The Morgan fingerprint density at radius 3 is 2.48 bits per heavy atom. The Balaban J connectivity index is 1.60. The van der Waals surface area contributed by atoms with Gasteiger partial charge in [-0.1, -0.05) is 31.0 Å². The highest BCUT2D eigenvalue weighted by atomic mass is 16.1. The normalized spacial score (nSPS) is 14.9. The highest BCUT2D eigenvalue weighted by molar-refractivity contribution is 6.04. The molecule has 1 amide bonds. The van der Waals surface area contributed by atoms with Crippen molar-refractivity contribution in [1.29, 1.82) is 0 Å². The van der Waals surface area contributed by atoms with Crippen molar-refractivity contribution in [3.05, 3.63) is 54.2 Å². The fraction of sp³-hybridized carbons (Fsp3) is 0.294. The first-order valence-electron chi connectivity index (χ1n) is 7.40. The van der Waals surface area contributed by atoms with Gasteiger partial charge in [0.05, 0.1) is 11.9 Å². The van der Waals surface area contributed by atoms with Crippen molar-refractivity contribution in [2.75, 3.05) is 10.6 Å². The van der Waals surface area contributed by atoms with Crippen LogP contribution in [-0.2, 0) is 0 Å². The van der Waals surface area contributed by atoms with Gasteiger partial charge in [0.2, 0.25) is 0 Å². The Morgan fingerprint density at radius 2 is 1.81 bits per heavy atom. The molecule has 21 heavy (non-hydrogen) atoms. The maximum Gasteiger partial charge on any atom is 0.255 e. The summed E-state index contributed by atoms with van der Waals surface area (Å²) in [4.78, 5) is 16.4. The Labute approximate surface area is 124 Å². The van der Waals surface area contributed by atoms with E-state index in [4.69, 9.17) is 0 Å². The summed E-state index contributed by atoms with van der Waals surface area (Å²) in [7, 11) is 0. The summed E-state index contributed by atoms with van der Waals surface area (Å²) in [5, 5.41) is 6.28. The summed E-state index contributed by atoms with van der Waals surface area (Å²) >= 11 is 0. The lowest BCUT2D eigenvalue weighted by molar-refractivity contribution is 0.102. The zero-order chi connectivity index (χ0) is 14.5. The zero-order valence-corrected chi connectivity index (χ0v) is 11.9. The third-order valence-corrected chi connectivity index (χ3v) is 3.76. The van der Waals surface area contributed by atoms with E-state index >= 15 is 0 Å². The molecule has 1 fully saturated rings. The van der Waals surface area contributed by atoms with E-state index in [1.807, 2.05) is 30.3 Å². The Kier molecular flexibility index (Phi) is 4.15. The van der Waals surface area contributed by atoms with Crippen molar-refractivity contribution >= 4 is 17.4 Å². The molecule has 1 saturated carbocycles. The molecule has 1 aliphatic rings. The standard InChI is InChI=1S/C17H19N3O/c21-17(13-6-2-1-3-7-13)20-15-10-11-16(18-12-15)19-14-8-4-5-9-14/h1-3,6-7,10-12,14H,4-5,8-9H2,(H,18,19)(H,20,21). The van der Waals surface area contributed by atoms with Gasteiger partial charge in [-0.05, 0) is 37.1 Å². The minimum absolute atomic E-state index is 0.117. The van der Waals surface area contributed by atoms with Crippen LogP contribution in [-0.4, -0.2) is 16.9 Å². The quantitative estimate of drug-likeness (QED) is 0.898. The molecular weight excluding hydrogens is 262 g/mol. The summed E-state index contributed by atoms with van der Waals surface area (Å²) in [6.07, 6.45) is 6.71. The van der Waals surface area contributed by atoms with Crippen LogP contribution in [0.15, 0.2) is 48.7 Å². The van der Waals surface area contributed by atoms with Crippen molar-refractivity contribution in [2.24, 2.45) is 0 Å². The number of benzene rings is 1. The lowest BCUT2D eigenvalue weighted by Crippen LogP contribution is -2.16. The molecule has 0 spiro atoms. The van der Waals surface area contributed by atoms with E-state index in [1.165, 1.54) is 25.7 Å². The highest BCUT2D eigenvalue weighted by Crippen LogP contribution is 2.21. The van der Waals surface area contributed by atoms with Crippen LogP contribution in [0.5, 0.6) is 0 Å². The molecular formula is C17H19N3O. The summed E-state index contributed by atoms with van der Waals surface area (Å²) < 4.78 is 0. The van der Waals surface area contributed by atoms with Crippen molar-refractivity contribution in [1.82, 2.24) is 4.98 Å². The number of carbonyl (C=O) groups excluding carboxylic acids is 1. The van der Waals surface area contributed by atoms with E-state index < -0.39 is 0 Å². The molecule has 0 unspecified atom stereocenters. The molecule has 3 rings (SSSR count). The monoisotopic (exact) mass is 281 g/mol. The SMILES string of the molecule is O=C(Nc1ccc(NC2CCCC2)nc1)c1ccccc1. The van der Waals surface area contributed by atoms with Gasteiger partial charge >= 0.3 is 0 Å².